The van der Waals surface area contributed by atoms with Crippen molar-refractivity contribution in [1.29, 1.82) is 0 Å². The lowest BCUT2D eigenvalue weighted by Crippen LogP contribution is -2.38. The molecule has 0 spiro atoms. The van der Waals surface area contributed by atoms with E-state index in [2.05, 4.69) is 63.8 Å². The molecule has 1 aromatic carbocycles. The summed E-state index contributed by atoms with van der Waals surface area (Å²) in [5.74, 6) is 0.610. The van der Waals surface area contributed by atoms with Crippen molar-refractivity contribution >= 4 is 17.5 Å². The number of hydroxylamine groups is 1. The van der Waals surface area contributed by atoms with E-state index < -0.39 is 5.91 Å². The Hall–Kier alpha value is -2.97. The third-order valence-corrected chi connectivity index (χ3v) is 5.82. The van der Waals surface area contributed by atoms with Crippen molar-refractivity contribution in [2.45, 2.75) is 33.2 Å². The molecule has 0 radical (unpaired) electrons. The van der Waals surface area contributed by atoms with E-state index in [9.17, 15) is 4.79 Å². The van der Waals surface area contributed by atoms with Gasteiger partial charge in [0.2, 0.25) is 5.95 Å². The van der Waals surface area contributed by atoms with Crippen molar-refractivity contribution in [2.24, 2.45) is 5.92 Å². The first kappa shape index (κ1) is 22.7. The molecule has 166 valence electrons. The van der Waals surface area contributed by atoms with Crippen molar-refractivity contribution in [1.82, 2.24) is 20.8 Å². The third kappa shape index (κ3) is 5.80. The molecule has 1 saturated heterocycles. The van der Waals surface area contributed by atoms with Crippen molar-refractivity contribution in [2.75, 3.05) is 36.5 Å². The summed E-state index contributed by atoms with van der Waals surface area (Å²) in [6, 6.07) is 6.54. The van der Waals surface area contributed by atoms with E-state index in [0.29, 0.717) is 11.9 Å². The number of allylic oxidation sites excluding steroid dienone is 1. The van der Waals surface area contributed by atoms with E-state index in [1.165, 1.54) is 29.2 Å². The number of carbonyl (C=O) groups is 1. The predicted octanol–water partition coefficient (Wildman–Crippen LogP) is 2.88. The molecule has 8 nitrogen and oxygen atoms in total. The predicted molar refractivity (Wildman–Crippen MR) is 122 cm³/mol. The summed E-state index contributed by atoms with van der Waals surface area (Å²) in [5, 5.41) is 12.3. The van der Waals surface area contributed by atoms with Crippen LogP contribution < -0.4 is 20.6 Å². The fourth-order valence-corrected chi connectivity index (χ4v) is 3.80. The van der Waals surface area contributed by atoms with Crippen LogP contribution in [0.5, 0.6) is 0 Å². The van der Waals surface area contributed by atoms with Crippen LogP contribution in [0.3, 0.4) is 0 Å². The third-order valence-electron chi connectivity index (χ3n) is 5.82. The number of carbonyl (C=O) groups excluding carboxylic acids is 1. The molecule has 8 heteroatoms. The molecule has 0 aliphatic carbocycles. The van der Waals surface area contributed by atoms with E-state index >= 15 is 0 Å². The summed E-state index contributed by atoms with van der Waals surface area (Å²) in [6.45, 7) is 11.7. The van der Waals surface area contributed by atoms with E-state index in [0.717, 1.165) is 44.7 Å². The maximum absolute atomic E-state index is 11.4. The number of anilines is 2. The highest BCUT2D eigenvalue weighted by molar-refractivity contribution is 5.92. The molecule has 1 fully saturated rings. The number of nitrogens with one attached hydrogen (secondary N) is 2. The monoisotopic (exact) mass is 424 g/mol. The smallest absolute Gasteiger partial charge is 0.277 e. The van der Waals surface area contributed by atoms with Gasteiger partial charge in [-0.3, -0.25) is 10.0 Å². The Morgan fingerprint density at radius 3 is 2.58 bits per heavy atom. The maximum Gasteiger partial charge on any atom is 0.277 e. The van der Waals surface area contributed by atoms with E-state index in [1.54, 1.807) is 5.48 Å². The Morgan fingerprint density at radius 1 is 1.29 bits per heavy atom. The van der Waals surface area contributed by atoms with Gasteiger partial charge < -0.3 is 15.1 Å². The van der Waals surface area contributed by atoms with Crippen molar-refractivity contribution < 1.29 is 10.0 Å². The first-order chi connectivity index (χ1) is 14.9. The van der Waals surface area contributed by atoms with Crippen LogP contribution in [-0.2, 0) is 6.54 Å². The Labute approximate surface area is 184 Å². The van der Waals surface area contributed by atoms with Crippen molar-refractivity contribution in [3.8, 4) is 0 Å². The summed E-state index contributed by atoms with van der Waals surface area (Å²) < 4.78 is 0. The minimum absolute atomic E-state index is 0.234. The number of hydrogen-bond acceptors (Lipinski definition) is 7. The summed E-state index contributed by atoms with van der Waals surface area (Å²) in [4.78, 5) is 24.2. The molecule has 0 bridgehead atoms. The van der Waals surface area contributed by atoms with Gasteiger partial charge in [0, 0.05) is 50.5 Å². The second kappa shape index (κ2) is 10.4. The highest BCUT2D eigenvalue weighted by Crippen LogP contribution is 2.24. The Bertz CT molecular complexity index is 907. The number of aromatic nitrogens is 2. The molecule has 0 unspecified atom stereocenters. The molecular weight excluding hydrogens is 392 g/mol. The number of hydrogen-bond donors (Lipinski definition) is 3. The van der Waals surface area contributed by atoms with Crippen LogP contribution in [0.2, 0.25) is 0 Å². The molecule has 0 atom stereocenters. The molecule has 3 N–H and O–H groups in total. The molecule has 3 rings (SSSR count). The van der Waals surface area contributed by atoms with Crippen LogP contribution in [0.25, 0.3) is 0 Å². The summed E-state index contributed by atoms with van der Waals surface area (Å²) >= 11 is 0. The quantitative estimate of drug-likeness (QED) is 0.443. The standard InChI is InChI=1S/C23H32N6O2/c1-16(2)28(4)21-6-5-17(3)11-19(21)13-24-12-18-7-9-29(10-8-18)23-25-14-20(15-26-23)22(30)27-31/h5-6,11,14-15,18,24,31H,1,7-10,12-13H2,2-4H3,(H,27,30). The first-order valence-electron chi connectivity index (χ1n) is 10.6. The number of aryl methyl sites for hydroxylation is 1. The van der Waals surface area contributed by atoms with E-state index in [4.69, 9.17) is 5.21 Å². The van der Waals surface area contributed by atoms with Crippen molar-refractivity contribution in [3.05, 3.63) is 59.6 Å². The normalized spacial score (nSPS) is 14.4. The number of piperidine rings is 1. The number of nitrogens with zero attached hydrogens (tertiary/aromatic N) is 4. The van der Waals surface area contributed by atoms with Gasteiger partial charge in [-0.1, -0.05) is 24.3 Å². The molecule has 2 heterocycles. The van der Waals surface area contributed by atoms with Crippen LogP contribution in [0.4, 0.5) is 11.6 Å². The van der Waals surface area contributed by atoms with Gasteiger partial charge in [0.05, 0.1) is 5.56 Å². The Kier molecular flexibility index (Phi) is 7.59. The molecular formula is C23H32N6O2. The molecule has 1 aromatic heterocycles. The topological polar surface area (TPSA) is 93.6 Å². The zero-order chi connectivity index (χ0) is 22.4. The lowest BCUT2D eigenvalue weighted by molar-refractivity contribution is 0.0705. The summed E-state index contributed by atoms with van der Waals surface area (Å²) in [5.41, 5.74) is 6.57. The Balaban J connectivity index is 1.50. The molecule has 1 amide bonds. The average molecular weight is 425 g/mol. The van der Waals surface area contributed by atoms with Gasteiger partial charge >= 0.3 is 0 Å². The van der Waals surface area contributed by atoms with Crippen LogP contribution in [0, 0.1) is 12.8 Å². The summed E-state index contributed by atoms with van der Waals surface area (Å²) in [7, 11) is 2.05. The summed E-state index contributed by atoms with van der Waals surface area (Å²) in [6.07, 6.45) is 4.98. The van der Waals surface area contributed by atoms with Crippen LogP contribution in [-0.4, -0.2) is 47.8 Å². The minimum atomic E-state index is -0.609. The molecule has 2 aromatic rings. The lowest BCUT2D eigenvalue weighted by atomic mass is 9.97. The average Bonchev–Trinajstić information content (AvgIpc) is 2.79. The SMILES string of the molecule is C=C(C)N(C)c1ccc(C)cc1CNCC1CCN(c2ncc(C(=O)NO)cn2)CC1. The Morgan fingerprint density at radius 2 is 1.97 bits per heavy atom. The van der Waals surface area contributed by atoms with Gasteiger partial charge in [0.1, 0.15) is 0 Å². The maximum atomic E-state index is 11.4. The van der Waals surface area contributed by atoms with Gasteiger partial charge in [0.25, 0.3) is 5.91 Å². The van der Waals surface area contributed by atoms with Crippen LogP contribution in [0.15, 0.2) is 42.9 Å². The van der Waals surface area contributed by atoms with Crippen LogP contribution >= 0.6 is 0 Å². The van der Waals surface area contributed by atoms with Gasteiger partial charge in [-0.05, 0) is 50.8 Å². The highest BCUT2D eigenvalue weighted by Gasteiger charge is 2.21. The molecule has 0 saturated carbocycles. The molecule has 1 aliphatic rings. The minimum Gasteiger partial charge on any atom is -0.349 e. The fourth-order valence-electron chi connectivity index (χ4n) is 3.80. The van der Waals surface area contributed by atoms with Gasteiger partial charge in [-0.15, -0.1) is 0 Å². The fraction of sp³-hybridized carbons (Fsp3) is 0.435. The number of rotatable bonds is 8. The number of benzene rings is 1. The second-order valence-corrected chi connectivity index (χ2v) is 8.20. The molecule has 31 heavy (non-hydrogen) atoms. The first-order valence-corrected chi connectivity index (χ1v) is 10.6. The van der Waals surface area contributed by atoms with Gasteiger partial charge in [0.15, 0.2) is 0 Å². The number of amides is 1. The second-order valence-electron chi connectivity index (χ2n) is 8.20. The zero-order valence-corrected chi connectivity index (χ0v) is 18.6. The largest absolute Gasteiger partial charge is 0.349 e. The zero-order valence-electron chi connectivity index (χ0n) is 18.6. The highest BCUT2D eigenvalue weighted by atomic mass is 16.5. The van der Waals surface area contributed by atoms with E-state index in [1.807, 2.05) is 6.92 Å². The van der Waals surface area contributed by atoms with Gasteiger partial charge in [-0.2, -0.15) is 0 Å². The van der Waals surface area contributed by atoms with Crippen LogP contribution in [0.1, 0.15) is 41.3 Å². The van der Waals surface area contributed by atoms with Gasteiger partial charge in [-0.25, -0.2) is 15.4 Å². The lowest BCUT2D eigenvalue weighted by Gasteiger charge is -2.32. The van der Waals surface area contributed by atoms with Crippen molar-refractivity contribution in [3.63, 3.8) is 0 Å². The van der Waals surface area contributed by atoms with E-state index in [-0.39, 0.29) is 5.56 Å². The molecule has 1 aliphatic heterocycles.